The van der Waals surface area contributed by atoms with Crippen LogP contribution >= 0.6 is 15.9 Å². The zero-order chi connectivity index (χ0) is 16.0. The molecule has 0 aliphatic carbocycles. The molecule has 0 radical (unpaired) electrons. The van der Waals surface area contributed by atoms with Gasteiger partial charge in [0.2, 0.25) is 0 Å². The van der Waals surface area contributed by atoms with Crippen LogP contribution in [0.2, 0.25) is 0 Å². The molecule has 0 amide bonds. The summed E-state index contributed by atoms with van der Waals surface area (Å²) in [6, 6.07) is 12.1. The Bertz CT molecular complexity index is 1060. The monoisotopic (exact) mass is 368 g/mol. The van der Waals surface area contributed by atoms with Crippen molar-refractivity contribution in [3.05, 3.63) is 69.4 Å². The van der Waals surface area contributed by atoms with Gasteiger partial charge in [-0.25, -0.2) is 4.98 Å². The van der Waals surface area contributed by atoms with E-state index in [4.69, 9.17) is 0 Å². The molecule has 6 nitrogen and oxygen atoms in total. The van der Waals surface area contributed by atoms with Gasteiger partial charge in [0.15, 0.2) is 0 Å². The van der Waals surface area contributed by atoms with Crippen molar-refractivity contribution in [3.8, 4) is 11.3 Å². The highest BCUT2D eigenvalue weighted by Gasteiger charge is 2.13. The lowest BCUT2D eigenvalue weighted by atomic mass is 10.1. The maximum atomic E-state index is 10.8. The molecule has 7 heteroatoms. The molecule has 4 aromatic rings. The summed E-state index contributed by atoms with van der Waals surface area (Å²) >= 11 is 3.47. The minimum Gasteiger partial charge on any atom is -0.297 e. The molecule has 1 aromatic carbocycles. The lowest BCUT2D eigenvalue weighted by molar-refractivity contribution is -0.384. The number of hydrogen-bond acceptors (Lipinski definition) is 4. The van der Waals surface area contributed by atoms with Crippen molar-refractivity contribution in [2.75, 3.05) is 0 Å². The van der Waals surface area contributed by atoms with Crippen molar-refractivity contribution in [1.82, 2.24) is 14.4 Å². The van der Waals surface area contributed by atoms with Crippen LogP contribution in [0.25, 0.3) is 27.9 Å². The highest BCUT2D eigenvalue weighted by Crippen LogP contribution is 2.29. The van der Waals surface area contributed by atoms with Gasteiger partial charge < -0.3 is 0 Å². The average Bonchev–Trinajstić information content (AvgIpc) is 2.93. The molecule has 0 saturated carbocycles. The molecular weight excluding hydrogens is 360 g/mol. The molecule has 3 aromatic heterocycles. The molecule has 112 valence electrons. The summed E-state index contributed by atoms with van der Waals surface area (Å²) in [6.45, 7) is 0. The predicted octanol–water partition coefficient (Wildman–Crippen LogP) is 4.22. The van der Waals surface area contributed by atoms with E-state index in [9.17, 15) is 10.1 Å². The van der Waals surface area contributed by atoms with E-state index in [-0.39, 0.29) is 5.69 Å². The fraction of sp³-hybridized carbons (Fsp3) is 0. The van der Waals surface area contributed by atoms with E-state index < -0.39 is 4.92 Å². The van der Waals surface area contributed by atoms with Gasteiger partial charge in [-0.05, 0) is 46.3 Å². The van der Waals surface area contributed by atoms with Crippen LogP contribution in [-0.4, -0.2) is 19.3 Å². The molecule has 0 aliphatic heterocycles. The Labute approximate surface area is 138 Å². The standard InChI is InChI=1S/C16H9BrN4O2/c17-11-3-6-14-19-13-7-8-18-15(16(13)20(14)9-11)10-1-4-12(5-2-10)21(22)23/h1-9H. The van der Waals surface area contributed by atoms with Gasteiger partial charge in [0.1, 0.15) is 5.65 Å². The van der Waals surface area contributed by atoms with Gasteiger partial charge in [-0.2, -0.15) is 0 Å². The third-order valence-corrected chi connectivity index (χ3v) is 4.09. The first kappa shape index (κ1) is 13.8. The Morgan fingerprint density at radius 2 is 1.87 bits per heavy atom. The van der Waals surface area contributed by atoms with Crippen molar-refractivity contribution in [2.45, 2.75) is 0 Å². The highest BCUT2D eigenvalue weighted by molar-refractivity contribution is 9.10. The average molecular weight is 369 g/mol. The van der Waals surface area contributed by atoms with Gasteiger partial charge >= 0.3 is 0 Å². The molecule has 23 heavy (non-hydrogen) atoms. The number of nitro benzene ring substituents is 1. The topological polar surface area (TPSA) is 73.3 Å². The molecule has 0 N–H and O–H groups in total. The number of non-ortho nitro benzene ring substituents is 1. The fourth-order valence-electron chi connectivity index (χ4n) is 2.58. The van der Waals surface area contributed by atoms with Crippen LogP contribution in [0.4, 0.5) is 5.69 Å². The predicted molar refractivity (Wildman–Crippen MR) is 90.3 cm³/mol. The van der Waals surface area contributed by atoms with Crippen LogP contribution in [-0.2, 0) is 0 Å². The summed E-state index contributed by atoms with van der Waals surface area (Å²) in [5.41, 5.74) is 4.12. The molecule has 0 bridgehead atoms. The molecule has 4 rings (SSSR count). The first-order valence-electron chi connectivity index (χ1n) is 6.80. The van der Waals surface area contributed by atoms with Gasteiger partial charge in [0.05, 0.1) is 21.7 Å². The van der Waals surface area contributed by atoms with Crippen molar-refractivity contribution in [2.24, 2.45) is 0 Å². The maximum absolute atomic E-state index is 10.8. The number of hydrogen-bond donors (Lipinski definition) is 0. The largest absolute Gasteiger partial charge is 0.297 e. The summed E-state index contributed by atoms with van der Waals surface area (Å²) in [5.74, 6) is 0. The smallest absolute Gasteiger partial charge is 0.269 e. The summed E-state index contributed by atoms with van der Waals surface area (Å²) in [6.07, 6.45) is 3.63. The molecule has 0 spiro atoms. The molecule has 0 saturated heterocycles. The second kappa shape index (κ2) is 5.13. The first-order chi connectivity index (χ1) is 11.1. The SMILES string of the molecule is O=[N+]([O-])c1ccc(-c2nccc3nc4ccc(Br)cn4c23)cc1. The summed E-state index contributed by atoms with van der Waals surface area (Å²) in [7, 11) is 0. The normalized spacial score (nSPS) is 11.2. The Morgan fingerprint density at radius 1 is 1.09 bits per heavy atom. The van der Waals surface area contributed by atoms with Crippen molar-refractivity contribution < 1.29 is 4.92 Å². The number of halogens is 1. The van der Waals surface area contributed by atoms with Gasteiger partial charge in [0, 0.05) is 34.6 Å². The number of nitro groups is 1. The fourth-order valence-corrected chi connectivity index (χ4v) is 2.92. The first-order valence-corrected chi connectivity index (χ1v) is 7.60. The molecule has 0 unspecified atom stereocenters. The molecule has 3 heterocycles. The Balaban J connectivity index is 2.01. The van der Waals surface area contributed by atoms with Crippen LogP contribution in [0.15, 0.2) is 59.3 Å². The Kier molecular flexibility index (Phi) is 3.09. The van der Waals surface area contributed by atoms with Crippen molar-refractivity contribution in [1.29, 1.82) is 0 Å². The number of benzene rings is 1. The van der Waals surface area contributed by atoms with E-state index in [1.807, 2.05) is 28.8 Å². The Morgan fingerprint density at radius 3 is 2.61 bits per heavy atom. The number of pyridine rings is 2. The van der Waals surface area contributed by atoms with E-state index in [1.165, 1.54) is 12.1 Å². The molecular formula is C16H9BrN4O2. The van der Waals surface area contributed by atoms with Gasteiger partial charge in [-0.15, -0.1) is 0 Å². The second-order valence-corrected chi connectivity index (χ2v) is 5.93. The minimum absolute atomic E-state index is 0.0572. The Hall–Kier alpha value is -2.80. The van der Waals surface area contributed by atoms with Crippen LogP contribution in [0.3, 0.4) is 0 Å². The third-order valence-electron chi connectivity index (χ3n) is 3.62. The third kappa shape index (κ3) is 2.25. The van der Waals surface area contributed by atoms with E-state index in [2.05, 4.69) is 25.9 Å². The molecule has 0 atom stereocenters. The van der Waals surface area contributed by atoms with Crippen LogP contribution in [0, 0.1) is 10.1 Å². The van der Waals surface area contributed by atoms with E-state index in [1.54, 1.807) is 18.3 Å². The van der Waals surface area contributed by atoms with Crippen molar-refractivity contribution >= 4 is 38.3 Å². The maximum Gasteiger partial charge on any atom is 0.269 e. The van der Waals surface area contributed by atoms with Crippen molar-refractivity contribution in [3.63, 3.8) is 0 Å². The second-order valence-electron chi connectivity index (χ2n) is 5.02. The number of fused-ring (bicyclic) bond motifs is 3. The van der Waals surface area contributed by atoms with Crippen LogP contribution in [0.5, 0.6) is 0 Å². The van der Waals surface area contributed by atoms with Crippen LogP contribution < -0.4 is 0 Å². The molecule has 0 fully saturated rings. The number of imidazole rings is 1. The van der Waals surface area contributed by atoms with E-state index >= 15 is 0 Å². The lowest BCUT2D eigenvalue weighted by Gasteiger charge is -2.04. The van der Waals surface area contributed by atoms with Gasteiger partial charge in [0.25, 0.3) is 5.69 Å². The lowest BCUT2D eigenvalue weighted by Crippen LogP contribution is -1.91. The minimum atomic E-state index is -0.414. The number of nitrogens with zero attached hydrogens (tertiary/aromatic N) is 4. The summed E-state index contributed by atoms with van der Waals surface area (Å²) in [5, 5.41) is 10.8. The van der Waals surface area contributed by atoms with Gasteiger partial charge in [-0.3, -0.25) is 19.5 Å². The zero-order valence-electron chi connectivity index (χ0n) is 11.7. The van der Waals surface area contributed by atoms with E-state index in [0.717, 1.165) is 32.4 Å². The summed E-state index contributed by atoms with van der Waals surface area (Å²) < 4.78 is 2.89. The quantitative estimate of drug-likeness (QED) is 0.392. The van der Waals surface area contributed by atoms with Crippen LogP contribution in [0.1, 0.15) is 0 Å². The molecule has 0 aliphatic rings. The number of rotatable bonds is 2. The van der Waals surface area contributed by atoms with E-state index in [0.29, 0.717) is 0 Å². The highest BCUT2D eigenvalue weighted by atomic mass is 79.9. The zero-order valence-corrected chi connectivity index (χ0v) is 13.3. The summed E-state index contributed by atoms with van der Waals surface area (Å²) in [4.78, 5) is 19.4. The number of aromatic nitrogens is 3. The van der Waals surface area contributed by atoms with Gasteiger partial charge in [-0.1, -0.05) is 0 Å².